The van der Waals surface area contributed by atoms with Crippen LogP contribution in [0.5, 0.6) is 0 Å². The van der Waals surface area contributed by atoms with Gasteiger partial charge in [0.1, 0.15) is 0 Å². The van der Waals surface area contributed by atoms with E-state index in [4.69, 9.17) is 33.2 Å². The zero-order chi connectivity index (χ0) is 9.00. The Kier molecular flexibility index (Phi) is 29.9. The Labute approximate surface area is 161 Å². The average Bonchev–Trinajstić information content (AvgIpc) is 1.12. The van der Waals surface area contributed by atoms with E-state index in [1.54, 1.807) is 0 Å². The van der Waals surface area contributed by atoms with Gasteiger partial charge in [-0.1, -0.05) is 0 Å². The maximum absolute atomic E-state index is 8.58. The first-order valence-corrected chi connectivity index (χ1v) is 4.54. The fraction of sp³-hybridized carbons (Fsp3) is 0. The van der Waals surface area contributed by atoms with Crippen LogP contribution in [0.15, 0.2) is 0 Å². The van der Waals surface area contributed by atoms with Gasteiger partial charge in [-0.25, -0.2) is 0 Å². The molecule has 0 atom stereocenters. The summed E-state index contributed by atoms with van der Waals surface area (Å²) >= 11 is -5.62. The molecule has 0 aliphatic heterocycles. The van der Waals surface area contributed by atoms with Crippen LogP contribution in [-0.2, 0) is 34.9 Å². The van der Waals surface area contributed by atoms with Gasteiger partial charge in [-0.15, -0.1) is 0 Å². The Morgan fingerprint density at radius 1 is 0.923 bits per heavy atom. The Balaban J connectivity index is -0.0000000267. The molecule has 0 aliphatic rings. The first kappa shape index (κ1) is 29.7. The van der Waals surface area contributed by atoms with Crippen LogP contribution < -0.4 is 113 Å². The second-order valence-electron chi connectivity index (χ2n) is 0.786. The number of quaternary nitrogens is 1. The van der Waals surface area contributed by atoms with Crippen LogP contribution in [0.3, 0.4) is 0 Å². The van der Waals surface area contributed by atoms with E-state index >= 15 is 0 Å². The topological polar surface area (TPSA) is 191 Å². The van der Waals surface area contributed by atoms with Crippen LogP contribution in [0, 0.1) is 0 Å². The molecule has 0 heterocycles. The van der Waals surface area contributed by atoms with Gasteiger partial charge in [-0.3, -0.25) is 8.42 Å². The van der Waals surface area contributed by atoms with Gasteiger partial charge in [0.15, 0.2) is 0 Å². The summed E-state index contributed by atoms with van der Waals surface area (Å²) in [6.45, 7) is 0. The average molecular weight is 311 g/mol. The predicted octanol–water partition coefficient (Wildman–Crippen LogP) is -8.50. The molecule has 4 N–H and O–H groups in total. The van der Waals surface area contributed by atoms with Crippen molar-refractivity contribution < 1.29 is 149 Å². The van der Waals surface area contributed by atoms with Crippen molar-refractivity contribution in [3.05, 3.63) is 0 Å². The van der Waals surface area contributed by atoms with Crippen LogP contribution in [0.25, 0.3) is 0 Å². The van der Waals surface area contributed by atoms with Gasteiger partial charge in [-0.2, -0.15) is 0 Å². The molecule has 0 radical (unpaired) electrons. The van der Waals surface area contributed by atoms with Crippen molar-refractivity contribution in [1.82, 2.24) is 6.15 Å². The molecule has 0 spiro atoms. The molecule has 0 bridgehead atoms. The van der Waals surface area contributed by atoms with E-state index in [1.807, 2.05) is 0 Å². The molecule has 0 saturated heterocycles. The van der Waals surface area contributed by atoms with Gasteiger partial charge in [0.2, 0.25) is 0 Å². The monoisotopic (exact) mass is 311 g/mol. The third-order valence-electron chi connectivity index (χ3n) is 0. The predicted molar refractivity (Wildman–Crippen MR) is 18.5 cm³/mol. The van der Waals surface area contributed by atoms with Crippen molar-refractivity contribution in [2.75, 3.05) is 0 Å². The summed E-state index contributed by atoms with van der Waals surface area (Å²) in [5.41, 5.74) is 0. The number of hydrogen-bond donors (Lipinski definition) is 1. The Morgan fingerprint density at radius 3 is 0.923 bits per heavy atom. The van der Waals surface area contributed by atoms with Crippen molar-refractivity contribution in [2.45, 2.75) is 0 Å². The quantitative estimate of drug-likeness (QED) is 0.259. The van der Waals surface area contributed by atoms with Crippen LogP contribution in [0.1, 0.15) is 0 Å². The van der Waals surface area contributed by atoms with Gasteiger partial charge in [-0.05, 0) is 0 Å². The van der Waals surface area contributed by atoms with E-state index < -0.39 is 23.4 Å². The normalized spacial score (nSPS) is 8.85. The molecule has 0 aromatic rings. The summed E-state index contributed by atoms with van der Waals surface area (Å²) in [4.78, 5) is 0. The van der Waals surface area contributed by atoms with E-state index in [-0.39, 0.29) is 109 Å². The van der Waals surface area contributed by atoms with Crippen LogP contribution >= 0.6 is 0 Å². The Bertz CT molecular complexity index is 297. The minimum atomic E-state index is -5.62. The van der Waals surface area contributed by atoms with Gasteiger partial charge < -0.3 is 15.3 Å². The van der Waals surface area contributed by atoms with Crippen molar-refractivity contribution >= 4 is 10.4 Å². The molecular weight excluding hydrogens is 307 g/mol. The molecule has 9 nitrogen and oxygen atoms in total. The Hall–Kier alpha value is 2.98. The van der Waals surface area contributed by atoms with Crippen molar-refractivity contribution in [3.63, 3.8) is 0 Å². The second-order valence-corrected chi connectivity index (χ2v) is 2.78. The zero-order valence-corrected chi connectivity index (χ0v) is 15.3. The van der Waals surface area contributed by atoms with Crippen molar-refractivity contribution in [3.8, 4) is 0 Å². The number of hydrogen-bond acceptors (Lipinski definition) is 8. The van der Waals surface area contributed by atoms with Gasteiger partial charge >= 0.3 is 131 Å². The van der Waals surface area contributed by atoms with Crippen LogP contribution in [-0.4, -0.2) is 17.5 Å². The van der Waals surface area contributed by atoms with E-state index in [0.29, 0.717) is 0 Å². The van der Waals surface area contributed by atoms with Crippen molar-refractivity contribution in [1.29, 1.82) is 0 Å². The first-order valence-electron chi connectivity index (χ1n) is 1.28. The summed E-state index contributed by atoms with van der Waals surface area (Å²) in [6.07, 6.45) is 0. The SMILES string of the molecule is O=S(=O)([O-])[O-].[K+].[K+].[NH4+].[O]=[Mn](=[O])(=[O])[O-]. The summed E-state index contributed by atoms with van der Waals surface area (Å²) < 4.78 is 68.4. The molecule has 13 heteroatoms. The molecule has 0 aromatic carbocycles. The summed E-state index contributed by atoms with van der Waals surface area (Å²) in [6, 6.07) is 0. The summed E-state index contributed by atoms with van der Waals surface area (Å²) in [5.74, 6) is 0. The van der Waals surface area contributed by atoms with E-state index in [1.165, 1.54) is 0 Å². The molecule has 72 valence electrons. The molecule has 13 heavy (non-hydrogen) atoms. The molecule has 0 aromatic heterocycles. The third-order valence-corrected chi connectivity index (χ3v) is 0. The molecule has 0 aliphatic carbocycles. The molecule has 0 saturated carbocycles. The molecule has 0 rings (SSSR count). The number of rotatable bonds is 0. The Morgan fingerprint density at radius 2 is 0.923 bits per heavy atom. The summed E-state index contributed by atoms with van der Waals surface area (Å²) in [7, 11) is -5.17. The maximum atomic E-state index is 8.58. The zero-order valence-electron chi connectivity index (χ0n) is 7.05. The van der Waals surface area contributed by atoms with Crippen molar-refractivity contribution in [2.24, 2.45) is 0 Å². The second kappa shape index (κ2) is 13.0. The van der Waals surface area contributed by atoms with Gasteiger partial charge in [0.25, 0.3) is 0 Å². The third kappa shape index (κ3) is 284. The molecule has 0 amide bonds. The van der Waals surface area contributed by atoms with E-state index in [0.717, 1.165) is 0 Å². The van der Waals surface area contributed by atoms with Crippen LogP contribution in [0.2, 0.25) is 0 Å². The first-order chi connectivity index (χ1) is 4.00. The fourth-order valence-corrected chi connectivity index (χ4v) is 0. The standard InChI is InChI=1S/2K.Mn.H3N.H2O4S.4O/c;;;;1-5(2,3)4;;;;/h;;;1H3;(H2,1,2,3,4);;;;/q2*+1;;;;;;;-1/p-1. The molecule has 0 fully saturated rings. The van der Waals surface area contributed by atoms with Crippen LogP contribution in [0.4, 0.5) is 0 Å². The molecular formula is H4K2MnNO8S. The van der Waals surface area contributed by atoms with E-state index in [2.05, 4.69) is 0 Å². The fourth-order valence-electron chi connectivity index (χ4n) is 0. The molecule has 0 unspecified atom stereocenters. The summed E-state index contributed by atoms with van der Waals surface area (Å²) in [5, 5.41) is 0. The van der Waals surface area contributed by atoms with E-state index in [9.17, 15) is 0 Å². The van der Waals surface area contributed by atoms with Gasteiger partial charge in [0.05, 0.1) is 0 Å². The van der Waals surface area contributed by atoms with Gasteiger partial charge in [0, 0.05) is 10.4 Å². The minimum absolute atomic E-state index is 0.